The van der Waals surface area contributed by atoms with Crippen LogP contribution in [0.5, 0.6) is 0 Å². The van der Waals surface area contributed by atoms with Crippen LogP contribution in [0.25, 0.3) is 5.69 Å². The van der Waals surface area contributed by atoms with Crippen LogP contribution in [0.15, 0.2) is 52.1 Å². The molecule has 26 heavy (non-hydrogen) atoms. The number of hydrogen-bond donors (Lipinski definition) is 0. The minimum Gasteiger partial charge on any atom is -0.348 e. The lowest BCUT2D eigenvalue weighted by molar-refractivity contribution is -0.213. The number of rotatable bonds is 2. The summed E-state index contributed by atoms with van der Waals surface area (Å²) >= 11 is 0. The van der Waals surface area contributed by atoms with Gasteiger partial charge in [-0.25, -0.2) is 18.8 Å². The van der Waals surface area contributed by atoms with Crippen molar-refractivity contribution in [1.29, 1.82) is 0 Å². The molecule has 6 heteroatoms. The molecule has 140 valence electrons. The zero-order valence-electron chi connectivity index (χ0n) is 16.3. The highest BCUT2D eigenvalue weighted by molar-refractivity contribution is 5.31. The third kappa shape index (κ3) is 2.69. The topological polar surface area (TPSA) is 58.2 Å². The number of hydrogen-bond acceptors (Lipinski definition) is 3. The third-order valence-electron chi connectivity index (χ3n) is 4.82. The van der Waals surface area contributed by atoms with Gasteiger partial charge in [-0.15, -0.1) is 0 Å². The predicted octanol–water partition coefficient (Wildman–Crippen LogP) is 3.06. The van der Waals surface area contributed by atoms with E-state index in [1.807, 2.05) is 26.8 Å². The van der Waals surface area contributed by atoms with Crippen LogP contribution in [-0.2, 0) is 10.5 Å². The van der Waals surface area contributed by atoms with Gasteiger partial charge in [0, 0.05) is 0 Å². The van der Waals surface area contributed by atoms with Crippen LogP contribution < -0.4 is 11.4 Å². The molecule has 6 nitrogen and oxygen atoms in total. The van der Waals surface area contributed by atoms with Crippen molar-refractivity contribution in [2.45, 2.75) is 59.4 Å². The van der Waals surface area contributed by atoms with E-state index in [1.165, 1.54) is 13.9 Å². The van der Waals surface area contributed by atoms with Gasteiger partial charge >= 0.3 is 11.4 Å². The van der Waals surface area contributed by atoms with Crippen molar-refractivity contribution in [3.63, 3.8) is 0 Å². The summed E-state index contributed by atoms with van der Waals surface area (Å²) < 4.78 is 10.5. The fourth-order valence-corrected chi connectivity index (χ4v) is 3.66. The van der Waals surface area contributed by atoms with Crippen molar-refractivity contribution >= 4 is 0 Å². The van der Waals surface area contributed by atoms with Gasteiger partial charge in [0.05, 0.1) is 11.8 Å². The van der Waals surface area contributed by atoms with Crippen molar-refractivity contribution in [3.05, 3.63) is 63.5 Å². The van der Waals surface area contributed by atoms with E-state index in [0.717, 1.165) is 5.57 Å². The van der Waals surface area contributed by atoms with Crippen molar-refractivity contribution in [1.82, 2.24) is 13.9 Å². The molecule has 2 aromatic rings. The van der Waals surface area contributed by atoms with Gasteiger partial charge in [-0.05, 0) is 38.3 Å². The van der Waals surface area contributed by atoms with Crippen molar-refractivity contribution < 1.29 is 4.74 Å². The fraction of sp³-hybridized carbons (Fsp3) is 0.500. The molecule has 1 aromatic carbocycles. The summed E-state index contributed by atoms with van der Waals surface area (Å²) in [6.45, 7) is 15.8. The Morgan fingerprint density at radius 3 is 2.19 bits per heavy atom. The molecule has 0 spiro atoms. The summed E-state index contributed by atoms with van der Waals surface area (Å²) in [6.07, 6.45) is -0.293. The molecule has 3 rings (SSSR count). The van der Waals surface area contributed by atoms with Gasteiger partial charge in [0.15, 0.2) is 5.72 Å². The van der Waals surface area contributed by atoms with Crippen LogP contribution >= 0.6 is 0 Å². The van der Waals surface area contributed by atoms with Crippen LogP contribution in [0.2, 0.25) is 0 Å². The zero-order valence-corrected chi connectivity index (χ0v) is 16.3. The maximum Gasteiger partial charge on any atom is 0.354 e. The number of aromatic nitrogens is 3. The fourth-order valence-electron chi connectivity index (χ4n) is 3.66. The summed E-state index contributed by atoms with van der Waals surface area (Å²) in [5, 5.41) is 0. The Balaban J connectivity index is 2.38. The van der Waals surface area contributed by atoms with Gasteiger partial charge in [-0.1, -0.05) is 51.1 Å². The molecule has 0 radical (unpaired) electrons. The highest BCUT2D eigenvalue weighted by atomic mass is 16.5. The third-order valence-corrected chi connectivity index (χ3v) is 4.82. The van der Waals surface area contributed by atoms with Gasteiger partial charge in [0.1, 0.15) is 6.04 Å². The van der Waals surface area contributed by atoms with Crippen molar-refractivity contribution in [3.8, 4) is 5.69 Å². The maximum atomic E-state index is 13.3. The van der Waals surface area contributed by atoms with Crippen LogP contribution in [0.4, 0.5) is 0 Å². The van der Waals surface area contributed by atoms with Crippen LogP contribution in [0.1, 0.15) is 47.6 Å². The van der Waals surface area contributed by atoms with Crippen LogP contribution in [-0.4, -0.2) is 20.0 Å². The van der Waals surface area contributed by atoms with E-state index >= 15 is 0 Å². The molecule has 0 amide bonds. The first-order chi connectivity index (χ1) is 12.0. The Labute approximate surface area is 153 Å². The van der Waals surface area contributed by atoms with Crippen molar-refractivity contribution in [2.24, 2.45) is 5.41 Å². The standard InChI is InChI=1S/C20H27N3O3/c1-13(2)15-16(19(3,4)5)26-20(6,7)23-18(25)21(17(24)22(15)23)14-11-9-8-10-12-14/h8-12,15-16H,1H2,2-7H3/t15-,16+/m0/s1. The number of benzene rings is 1. The number of nitrogens with zero attached hydrogens (tertiary/aromatic N) is 3. The second kappa shape index (κ2) is 5.84. The summed E-state index contributed by atoms with van der Waals surface area (Å²) in [6, 6.07) is 8.53. The first-order valence-corrected chi connectivity index (χ1v) is 8.82. The van der Waals surface area contributed by atoms with Gasteiger partial charge in [0.2, 0.25) is 0 Å². The molecular weight excluding hydrogens is 330 g/mol. The lowest BCUT2D eigenvalue weighted by Crippen LogP contribution is -2.57. The minimum atomic E-state index is -0.958. The average Bonchev–Trinajstić information content (AvgIpc) is 2.78. The minimum absolute atomic E-state index is 0.240. The van der Waals surface area contributed by atoms with Crippen LogP contribution in [0.3, 0.4) is 0 Å². The lowest BCUT2D eigenvalue weighted by Gasteiger charge is -2.47. The summed E-state index contributed by atoms with van der Waals surface area (Å²) in [5.41, 5.74) is -0.664. The van der Waals surface area contributed by atoms with E-state index in [-0.39, 0.29) is 17.2 Å². The molecule has 1 aliphatic rings. The van der Waals surface area contributed by atoms with E-state index in [2.05, 4.69) is 27.4 Å². The van der Waals surface area contributed by atoms with Gasteiger partial charge in [-0.3, -0.25) is 0 Å². The van der Waals surface area contributed by atoms with E-state index in [9.17, 15) is 9.59 Å². The SMILES string of the molecule is C=C(C)[C@H]1[C@H](C(C)(C)C)OC(C)(C)n2c(=O)n(-c3ccccc3)c(=O)n21. The Morgan fingerprint density at radius 1 is 1.12 bits per heavy atom. The monoisotopic (exact) mass is 357 g/mol. The predicted molar refractivity (Wildman–Crippen MR) is 102 cm³/mol. The van der Waals surface area contributed by atoms with E-state index in [1.54, 1.807) is 24.3 Å². The highest BCUT2D eigenvalue weighted by Crippen LogP contribution is 2.41. The molecule has 0 bridgehead atoms. The largest absolute Gasteiger partial charge is 0.354 e. The van der Waals surface area contributed by atoms with Gasteiger partial charge < -0.3 is 4.74 Å². The quantitative estimate of drug-likeness (QED) is 0.776. The molecule has 0 saturated heterocycles. The lowest BCUT2D eigenvalue weighted by atomic mass is 9.81. The van der Waals surface area contributed by atoms with Crippen molar-refractivity contribution in [2.75, 3.05) is 0 Å². The summed E-state index contributed by atoms with van der Waals surface area (Å²) in [7, 11) is 0. The van der Waals surface area contributed by atoms with E-state index in [4.69, 9.17) is 4.74 Å². The normalized spacial score (nSPS) is 22.1. The molecule has 2 atom stereocenters. The second-order valence-corrected chi connectivity index (χ2v) is 8.53. The van der Waals surface area contributed by atoms with Crippen LogP contribution in [0, 0.1) is 5.41 Å². The first-order valence-electron chi connectivity index (χ1n) is 8.82. The number of para-hydroxylation sites is 1. The number of ether oxygens (including phenoxy) is 1. The Kier molecular flexibility index (Phi) is 4.15. The molecule has 1 aliphatic heterocycles. The summed E-state index contributed by atoms with van der Waals surface area (Å²) in [4.78, 5) is 26.5. The zero-order chi connectivity index (χ0) is 19.4. The van der Waals surface area contributed by atoms with E-state index < -0.39 is 17.5 Å². The Hall–Kier alpha value is -2.34. The molecule has 0 unspecified atom stereocenters. The average molecular weight is 357 g/mol. The Bertz CT molecular complexity index is 955. The molecule has 0 N–H and O–H groups in total. The van der Waals surface area contributed by atoms with E-state index in [0.29, 0.717) is 5.69 Å². The molecule has 1 aromatic heterocycles. The summed E-state index contributed by atoms with van der Waals surface area (Å²) in [5.74, 6) is 0. The first kappa shape index (κ1) is 18.5. The maximum absolute atomic E-state index is 13.3. The molecule has 0 aliphatic carbocycles. The highest BCUT2D eigenvalue weighted by Gasteiger charge is 2.48. The van der Waals surface area contributed by atoms with Gasteiger partial charge in [-0.2, -0.15) is 4.68 Å². The molecular formula is C20H27N3O3. The number of fused-ring (bicyclic) bond motifs is 1. The molecule has 0 fully saturated rings. The molecule has 2 heterocycles. The van der Waals surface area contributed by atoms with Gasteiger partial charge in [0.25, 0.3) is 0 Å². The molecule has 0 saturated carbocycles. The second-order valence-electron chi connectivity index (χ2n) is 8.53. The Morgan fingerprint density at radius 2 is 1.69 bits per heavy atom. The smallest absolute Gasteiger partial charge is 0.348 e.